The molecule has 1 fully saturated rings. The summed E-state index contributed by atoms with van der Waals surface area (Å²) < 4.78 is 5.50. The second kappa shape index (κ2) is 7.76. The van der Waals surface area contributed by atoms with E-state index in [9.17, 15) is 0 Å². The second-order valence-electron chi connectivity index (χ2n) is 6.59. The Kier molecular flexibility index (Phi) is 7.04. The molecular weight excluding hydrogens is 242 g/mol. The van der Waals surface area contributed by atoms with Crippen LogP contribution in [-0.4, -0.2) is 37.3 Å². The molecule has 0 amide bonds. The van der Waals surface area contributed by atoms with Crippen molar-refractivity contribution < 1.29 is 4.74 Å². The van der Waals surface area contributed by atoms with E-state index in [0.29, 0.717) is 10.2 Å². The Morgan fingerprint density at radius 1 is 1.22 bits per heavy atom. The molecule has 0 spiro atoms. The molecule has 2 nitrogen and oxygen atoms in total. The number of rotatable bonds is 8. The normalized spacial score (nSPS) is 19.3. The first kappa shape index (κ1) is 16.3. The first-order valence-electron chi connectivity index (χ1n) is 7.31. The Hall–Kier alpha value is 0.270. The summed E-state index contributed by atoms with van der Waals surface area (Å²) in [7, 11) is 1.77. The highest BCUT2D eigenvalue weighted by Crippen LogP contribution is 2.42. The van der Waals surface area contributed by atoms with E-state index >= 15 is 0 Å². The zero-order chi connectivity index (χ0) is 13.5. The molecule has 0 radical (unpaired) electrons. The van der Waals surface area contributed by atoms with Crippen LogP contribution >= 0.6 is 11.8 Å². The van der Waals surface area contributed by atoms with Crippen molar-refractivity contribution in [2.75, 3.05) is 32.6 Å². The summed E-state index contributed by atoms with van der Waals surface area (Å²) in [5.74, 6) is 1.30. The van der Waals surface area contributed by atoms with E-state index in [1.165, 1.54) is 44.4 Å². The molecule has 0 atom stereocenters. The van der Waals surface area contributed by atoms with Crippen LogP contribution in [0.5, 0.6) is 0 Å². The maximum atomic E-state index is 5.10. The van der Waals surface area contributed by atoms with Crippen LogP contribution in [-0.2, 0) is 4.74 Å². The van der Waals surface area contributed by atoms with Gasteiger partial charge in [0.15, 0.2) is 0 Å². The molecule has 18 heavy (non-hydrogen) atoms. The lowest BCUT2D eigenvalue weighted by Crippen LogP contribution is -2.34. The average Bonchev–Trinajstić information content (AvgIpc) is 2.72. The molecule has 0 saturated heterocycles. The van der Waals surface area contributed by atoms with Crippen molar-refractivity contribution in [3.8, 4) is 0 Å². The van der Waals surface area contributed by atoms with Crippen molar-refractivity contribution in [3.05, 3.63) is 0 Å². The molecule has 0 aliphatic heterocycles. The van der Waals surface area contributed by atoms with Crippen molar-refractivity contribution in [2.24, 2.45) is 5.41 Å². The molecule has 1 aliphatic rings. The number of nitrogens with one attached hydrogen (secondary N) is 1. The molecule has 0 aromatic carbocycles. The Balaban J connectivity index is 2.29. The van der Waals surface area contributed by atoms with Crippen LogP contribution in [0, 0.1) is 5.41 Å². The summed E-state index contributed by atoms with van der Waals surface area (Å²) in [5, 5.41) is 3.58. The number of hydrogen-bond acceptors (Lipinski definition) is 3. The van der Waals surface area contributed by atoms with Gasteiger partial charge in [-0.1, -0.05) is 33.6 Å². The summed E-state index contributed by atoms with van der Waals surface area (Å²) >= 11 is 2.11. The molecule has 0 aromatic heterocycles. The van der Waals surface area contributed by atoms with Gasteiger partial charge in [0.05, 0.1) is 6.61 Å². The molecule has 108 valence electrons. The van der Waals surface area contributed by atoms with Crippen LogP contribution in [0.4, 0.5) is 0 Å². The van der Waals surface area contributed by atoms with Gasteiger partial charge in [-0.2, -0.15) is 11.8 Å². The van der Waals surface area contributed by atoms with Gasteiger partial charge in [-0.05, 0) is 30.4 Å². The number of hydrogen-bond donors (Lipinski definition) is 1. The van der Waals surface area contributed by atoms with Gasteiger partial charge in [-0.25, -0.2) is 0 Å². The highest BCUT2D eigenvalue weighted by Gasteiger charge is 2.33. The maximum Gasteiger partial charge on any atom is 0.0587 e. The predicted molar refractivity (Wildman–Crippen MR) is 82.5 cm³/mol. The van der Waals surface area contributed by atoms with E-state index in [-0.39, 0.29) is 0 Å². The van der Waals surface area contributed by atoms with Crippen molar-refractivity contribution in [1.29, 1.82) is 0 Å². The third kappa shape index (κ3) is 6.44. The van der Waals surface area contributed by atoms with Gasteiger partial charge in [0.25, 0.3) is 0 Å². The number of ether oxygens (including phenoxy) is 1. The Bertz CT molecular complexity index is 219. The van der Waals surface area contributed by atoms with Crippen LogP contribution in [0.3, 0.4) is 0 Å². The molecule has 0 heterocycles. The SMILES string of the molecule is COCCNCC1(CCSC(C)(C)C)CCCC1. The van der Waals surface area contributed by atoms with Crippen LogP contribution in [0.1, 0.15) is 52.9 Å². The quantitative estimate of drug-likeness (QED) is 0.681. The van der Waals surface area contributed by atoms with Crippen molar-refractivity contribution in [2.45, 2.75) is 57.6 Å². The first-order chi connectivity index (χ1) is 8.47. The molecule has 0 unspecified atom stereocenters. The minimum atomic E-state index is 0.406. The highest BCUT2D eigenvalue weighted by molar-refractivity contribution is 8.00. The standard InChI is InChI=1S/C15H31NOS/c1-14(2,3)18-12-9-15(7-5-6-8-15)13-16-10-11-17-4/h16H,5-13H2,1-4H3. The topological polar surface area (TPSA) is 21.3 Å². The van der Waals surface area contributed by atoms with E-state index in [2.05, 4.69) is 37.8 Å². The zero-order valence-electron chi connectivity index (χ0n) is 12.7. The van der Waals surface area contributed by atoms with E-state index in [0.717, 1.165) is 13.2 Å². The van der Waals surface area contributed by atoms with Gasteiger partial charge in [-0.15, -0.1) is 0 Å². The van der Waals surface area contributed by atoms with Gasteiger partial charge in [-0.3, -0.25) is 0 Å². The molecule has 3 heteroatoms. The largest absolute Gasteiger partial charge is 0.383 e. The molecule has 0 bridgehead atoms. The van der Waals surface area contributed by atoms with Crippen LogP contribution < -0.4 is 5.32 Å². The van der Waals surface area contributed by atoms with Crippen LogP contribution in [0.15, 0.2) is 0 Å². The fourth-order valence-corrected chi connectivity index (χ4v) is 3.89. The second-order valence-corrected chi connectivity index (χ2v) is 8.51. The van der Waals surface area contributed by atoms with Gasteiger partial charge in [0, 0.05) is 24.9 Å². The van der Waals surface area contributed by atoms with Gasteiger partial charge in [0.2, 0.25) is 0 Å². The lowest BCUT2D eigenvalue weighted by molar-refractivity contribution is 0.189. The van der Waals surface area contributed by atoms with Crippen LogP contribution in [0.2, 0.25) is 0 Å². The summed E-state index contributed by atoms with van der Waals surface area (Å²) in [5.41, 5.74) is 0.575. The Labute approximate surface area is 118 Å². The summed E-state index contributed by atoms with van der Waals surface area (Å²) in [6.45, 7) is 9.94. The third-order valence-corrected chi connectivity index (χ3v) is 5.09. The Morgan fingerprint density at radius 2 is 1.89 bits per heavy atom. The fourth-order valence-electron chi connectivity index (χ4n) is 2.74. The molecule has 0 aromatic rings. The average molecular weight is 273 g/mol. The van der Waals surface area contributed by atoms with Crippen molar-refractivity contribution in [1.82, 2.24) is 5.32 Å². The molecule has 1 aliphatic carbocycles. The summed E-state index contributed by atoms with van der Waals surface area (Å²) in [4.78, 5) is 0. The number of methoxy groups -OCH3 is 1. The lowest BCUT2D eigenvalue weighted by atomic mass is 9.83. The third-order valence-electron chi connectivity index (χ3n) is 3.81. The molecule has 1 rings (SSSR count). The highest BCUT2D eigenvalue weighted by atomic mass is 32.2. The van der Waals surface area contributed by atoms with Crippen molar-refractivity contribution >= 4 is 11.8 Å². The van der Waals surface area contributed by atoms with Crippen LogP contribution in [0.25, 0.3) is 0 Å². The van der Waals surface area contributed by atoms with E-state index < -0.39 is 0 Å². The summed E-state index contributed by atoms with van der Waals surface area (Å²) in [6, 6.07) is 0. The van der Waals surface area contributed by atoms with Gasteiger partial charge in [0.1, 0.15) is 0 Å². The smallest absolute Gasteiger partial charge is 0.0587 e. The summed E-state index contributed by atoms with van der Waals surface area (Å²) in [6.07, 6.45) is 7.04. The molecule has 1 saturated carbocycles. The maximum absolute atomic E-state index is 5.10. The van der Waals surface area contributed by atoms with Gasteiger partial charge >= 0.3 is 0 Å². The Morgan fingerprint density at radius 3 is 2.44 bits per heavy atom. The van der Waals surface area contributed by atoms with E-state index in [4.69, 9.17) is 4.74 Å². The monoisotopic (exact) mass is 273 g/mol. The zero-order valence-corrected chi connectivity index (χ0v) is 13.5. The van der Waals surface area contributed by atoms with E-state index in [1.54, 1.807) is 7.11 Å². The molecule has 1 N–H and O–H groups in total. The predicted octanol–water partition coefficient (Wildman–Crippen LogP) is 3.70. The van der Waals surface area contributed by atoms with Crippen molar-refractivity contribution in [3.63, 3.8) is 0 Å². The van der Waals surface area contributed by atoms with Gasteiger partial charge < -0.3 is 10.1 Å². The fraction of sp³-hybridized carbons (Fsp3) is 1.00. The van der Waals surface area contributed by atoms with E-state index in [1.807, 2.05) is 0 Å². The molecular formula is C15H31NOS. The lowest BCUT2D eigenvalue weighted by Gasteiger charge is -2.30. The minimum Gasteiger partial charge on any atom is -0.383 e. The number of thioether (sulfide) groups is 1. The first-order valence-corrected chi connectivity index (χ1v) is 8.30. The minimum absolute atomic E-state index is 0.406.